The van der Waals surface area contributed by atoms with E-state index < -0.39 is 0 Å². The molecule has 1 saturated heterocycles. The molecule has 0 aromatic carbocycles. The monoisotopic (exact) mass is 217 g/mol. The average molecular weight is 217 g/mol. The number of ether oxygens (including phenoxy) is 1. The fourth-order valence-corrected chi connectivity index (χ4v) is 1.50. The molecule has 0 radical (unpaired) electrons. The average Bonchev–Trinajstić information content (AvgIpc) is 2.18. The van der Waals surface area contributed by atoms with Gasteiger partial charge in [0, 0.05) is 39.1 Å². The molecule has 0 bridgehead atoms. The highest BCUT2D eigenvalue weighted by Gasteiger charge is 2.08. The molecule has 0 unspecified atom stereocenters. The second kappa shape index (κ2) is 7.11. The summed E-state index contributed by atoms with van der Waals surface area (Å²) in [7, 11) is 0. The standard InChI is InChI=1S/C9H19N3OS/c10-9(14)1-2-11-3-4-12-5-7-13-8-6-12/h11H,1-8H2,(H2,10,14). The molecule has 4 nitrogen and oxygen atoms in total. The molecule has 82 valence electrons. The molecular weight excluding hydrogens is 198 g/mol. The Kier molecular flexibility index (Phi) is 6.02. The second-order valence-electron chi connectivity index (χ2n) is 3.42. The Bertz CT molecular complexity index is 171. The van der Waals surface area contributed by atoms with Crippen molar-refractivity contribution < 1.29 is 4.74 Å². The Morgan fingerprint density at radius 3 is 2.71 bits per heavy atom. The number of thiocarbonyl (C=S) groups is 1. The summed E-state index contributed by atoms with van der Waals surface area (Å²) >= 11 is 4.78. The molecule has 0 aromatic rings. The van der Waals surface area contributed by atoms with Crippen LogP contribution in [0.5, 0.6) is 0 Å². The van der Waals surface area contributed by atoms with E-state index in [1.54, 1.807) is 0 Å². The van der Waals surface area contributed by atoms with Crippen LogP contribution in [0.3, 0.4) is 0 Å². The second-order valence-corrected chi connectivity index (χ2v) is 3.94. The predicted octanol–water partition coefficient (Wildman–Crippen LogP) is -0.416. The maximum Gasteiger partial charge on any atom is 0.0740 e. The lowest BCUT2D eigenvalue weighted by molar-refractivity contribution is 0.0385. The quantitative estimate of drug-likeness (QED) is 0.468. The van der Waals surface area contributed by atoms with Gasteiger partial charge in [-0.2, -0.15) is 0 Å². The van der Waals surface area contributed by atoms with Crippen molar-refractivity contribution in [2.45, 2.75) is 6.42 Å². The largest absolute Gasteiger partial charge is 0.393 e. The van der Waals surface area contributed by atoms with Gasteiger partial charge in [0.15, 0.2) is 0 Å². The summed E-state index contributed by atoms with van der Waals surface area (Å²) in [5.74, 6) is 0. The summed E-state index contributed by atoms with van der Waals surface area (Å²) in [4.78, 5) is 2.99. The van der Waals surface area contributed by atoms with Crippen LogP contribution in [0, 0.1) is 0 Å². The molecule has 0 atom stereocenters. The maximum atomic E-state index is 5.38. The topological polar surface area (TPSA) is 50.5 Å². The van der Waals surface area contributed by atoms with Gasteiger partial charge >= 0.3 is 0 Å². The van der Waals surface area contributed by atoms with Crippen molar-refractivity contribution >= 4 is 17.2 Å². The molecule has 14 heavy (non-hydrogen) atoms. The third-order valence-electron chi connectivity index (χ3n) is 2.26. The maximum absolute atomic E-state index is 5.38. The molecule has 0 amide bonds. The van der Waals surface area contributed by atoms with Crippen LogP contribution in [0.15, 0.2) is 0 Å². The predicted molar refractivity (Wildman–Crippen MR) is 61.5 cm³/mol. The van der Waals surface area contributed by atoms with Gasteiger partial charge in [0.2, 0.25) is 0 Å². The van der Waals surface area contributed by atoms with E-state index in [-0.39, 0.29) is 0 Å². The van der Waals surface area contributed by atoms with Gasteiger partial charge in [0.25, 0.3) is 0 Å². The zero-order valence-electron chi connectivity index (χ0n) is 8.50. The molecule has 1 rings (SSSR count). The number of nitrogens with two attached hydrogens (primary N) is 1. The van der Waals surface area contributed by atoms with E-state index >= 15 is 0 Å². The van der Waals surface area contributed by atoms with Crippen molar-refractivity contribution in [1.29, 1.82) is 0 Å². The summed E-state index contributed by atoms with van der Waals surface area (Å²) in [6.45, 7) is 6.82. The van der Waals surface area contributed by atoms with Crippen LogP contribution in [0.1, 0.15) is 6.42 Å². The number of morpholine rings is 1. The molecule has 0 aromatic heterocycles. The minimum Gasteiger partial charge on any atom is -0.393 e. The summed E-state index contributed by atoms with van der Waals surface area (Å²) in [6.07, 6.45) is 0.790. The van der Waals surface area contributed by atoms with Crippen LogP contribution >= 0.6 is 12.2 Å². The Morgan fingerprint density at radius 1 is 1.36 bits per heavy atom. The van der Waals surface area contributed by atoms with Gasteiger partial charge < -0.3 is 15.8 Å². The van der Waals surface area contributed by atoms with Crippen molar-refractivity contribution in [2.24, 2.45) is 5.73 Å². The van der Waals surface area contributed by atoms with Gasteiger partial charge in [-0.1, -0.05) is 12.2 Å². The molecule has 0 spiro atoms. The van der Waals surface area contributed by atoms with E-state index in [1.165, 1.54) is 0 Å². The minimum absolute atomic E-state index is 0.587. The van der Waals surface area contributed by atoms with Crippen LogP contribution in [-0.4, -0.2) is 55.8 Å². The van der Waals surface area contributed by atoms with E-state index in [4.69, 9.17) is 22.7 Å². The lowest BCUT2D eigenvalue weighted by Gasteiger charge is -2.26. The molecular formula is C9H19N3OS. The van der Waals surface area contributed by atoms with Crippen LogP contribution < -0.4 is 11.1 Å². The van der Waals surface area contributed by atoms with Crippen molar-refractivity contribution in [3.63, 3.8) is 0 Å². The number of hydrogen-bond acceptors (Lipinski definition) is 4. The van der Waals surface area contributed by atoms with Crippen molar-refractivity contribution in [1.82, 2.24) is 10.2 Å². The van der Waals surface area contributed by atoms with Gasteiger partial charge in [-0.25, -0.2) is 0 Å². The van der Waals surface area contributed by atoms with Crippen molar-refractivity contribution in [3.05, 3.63) is 0 Å². The Balaban J connectivity index is 1.90. The normalized spacial score (nSPS) is 18.3. The SMILES string of the molecule is NC(=S)CCNCCN1CCOCC1. The molecule has 1 aliphatic heterocycles. The molecule has 1 heterocycles. The molecule has 0 saturated carbocycles. The summed E-state index contributed by atoms with van der Waals surface area (Å²) in [6, 6.07) is 0. The van der Waals surface area contributed by atoms with Gasteiger partial charge in [0.05, 0.1) is 18.2 Å². The van der Waals surface area contributed by atoms with E-state index in [2.05, 4.69) is 10.2 Å². The van der Waals surface area contributed by atoms with Crippen LogP contribution in [0.25, 0.3) is 0 Å². The first-order chi connectivity index (χ1) is 6.79. The van der Waals surface area contributed by atoms with Gasteiger partial charge in [-0.15, -0.1) is 0 Å². The number of hydrogen-bond donors (Lipinski definition) is 2. The Labute approximate surface area is 90.8 Å². The number of rotatable bonds is 6. The molecule has 1 aliphatic rings. The molecule has 1 fully saturated rings. The number of nitrogens with zero attached hydrogens (tertiary/aromatic N) is 1. The lowest BCUT2D eigenvalue weighted by Crippen LogP contribution is -2.40. The smallest absolute Gasteiger partial charge is 0.0740 e. The van der Waals surface area contributed by atoms with Gasteiger partial charge in [-0.05, 0) is 0 Å². The fourth-order valence-electron chi connectivity index (χ4n) is 1.40. The minimum atomic E-state index is 0.587. The summed E-state index contributed by atoms with van der Waals surface area (Å²) in [5, 5.41) is 3.31. The van der Waals surface area contributed by atoms with Crippen LogP contribution in [-0.2, 0) is 4.74 Å². The van der Waals surface area contributed by atoms with Crippen LogP contribution in [0.2, 0.25) is 0 Å². The van der Waals surface area contributed by atoms with Gasteiger partial charge in [-0.3, -0.25) is 4.90 Å². The molecule has 5 heteroatoms. The summed E-state index contributed by atoms with van der Waals surface area (Å²) in [5.41, 5.74) is 5.38. The molecule has 0 aliphatic carbocycles. The highest BCUT2D eigenvalue weighted by molar-refractivity contribution is 7.80. The Morgan fingerprint density at radius 2 is 2.07 bits per heavy atom. The third kappa shape index (κ3) is 5.49. The van der Waals surface area contributed by atoms with Crippen molar-refractivity contribution in [3.8, 4) is 0 Å². The van der Waals surface area contributed by atoms with Crippen molar-refractivity contribution in [2.75, 3.05) is 45.9 Å². The van der Waals surface area contributed by atoms with E-state index in [0.717, 1.165) is 52.4 Å². The number of nitrogens with one attached hydrogen (secondary N) is 1. The summed E-state index contributed by atoms with van der Waals surface area (Å²) < 4.78 is 5.26. The van der Waals surface area contributed by atoms with E-state index in [1.807, 2.05) is 0 Å². The molecule has 3 N–H and O–H groups in total. The Hall–Kier alpha value is -0.230. The van der Waals surface area contributed by atoms with Gasteiger partial charge in [0.1, 0.15) is 0 Å². The zero-order chi connectivity index (χ0) is 10.2. The first-order valence-electron chi connectivity index (χ1n) is 5.08. The van der Waals surface area contributed by atoms with Crippen LogP contribution in [0.4, 0.5) is 0 Å². The lowest BCUT2D eigenvalue weighted by atomic mass is 10.4. The highest BCUT2D eigenvalue weighted by Crippen LogP contribution is 1.94. The zero-order valence-corrected chi connectivity index (χ0v) is 9.31. The van der Waals surface area contributed by atoms with E-state index in [9.17, 15) is 0 Å². The van der Waals surface area contributed by atoms with E-state index in [0.29, 0.717) is 4.99 Å². The highest BCUT2D eigenvalue weighted by atomic mass is 32.1. The third-order valence-corrected chi connectivity index (χ3v) is 2.46. The fraction of sp³-hybridized carbons (Fsp3) is 0.889. The first-order valence-corrected chi connectivity index (χ1v) is 5.49. The first kappa shape index (κ1) is 11.8.